The van der Waals surface area contributed by atoms with Crippen molar-refractivity contribution >= 4 is 0 Å². The second-order valence-corrected chi connectivity index (χ2v) is 7.38. The van der Waals surface area contributed by atoms with E-state index in [-0.39, 0.29) is 12.3 Å². The quantitative estimate of drug-likeness (QED) is 0.329. The van der Waals surface area contributed by atoms with Crippen molar-refractivity contribution in [2.45, 2.75) is 69.0 Å². The molecule has 0 amide bonds. The average Bonchev–Trinajstić information content (AvgIpc) is 2.80. The highest BCUT2D eigenvalue weighted by atomic mass is 16.8. The Kier molecular flexibility index (Phi) is 5.13. The SMILES string of the molecule is CC1=COC(OC2OC(CO)C(O)C(O)C2O)C2C1C(O)CC2(C)O. The Morgan fingerprint density at radius 1 is 1.16 bits per heavy atom. The zero-order valence-electron chi connectivity index (χ0n) is 14.1. The summed E-state index contributed by atoms with van der Waals surface area (Å²) in [5, 5.41) is 59.9. The summed E-state index contributed by atoms with van der Waals surface area (Å²) in [5.74, 6) is -0.987. The molecule has 25 heavy (non-hydrogen) atoms. The fraction of sp³-hybridized carbons (Fsp3) is 0.875. The van der Waals surface area contributed by atoms with Crippen LogP contribution in [-0.2, 0) is 14.2 Å². The zero-order valence-corrected chi connectivity index (χ0v) is 14.1. The van der Waals surface area contributed by atoms with Gasteiger partial charge in [-0.1, -0.05) is 0 Å². The van der Waals surface area contributed by atoms with Crippen molar-refractivity contribution in [3.63, 3.8) is 0 Å². The Hall–Kier alpha value is -0.780. The number of hydrogen-bond donors (Lipinski definition) is 6. The zero-order chi connectivity index (χ0) is 18.5. The number of ether oxygens (including phenoxy) is 3. The van der Waals surface area contributed by atoms with E-state index in [9.17, 15) is 30.6 Å². The number of hydrogen-bond acceptors (Lipinski definition) is 9. The Labute approximate surface area is 145 Å². The highest BCUT2D eigenvalue weighted by Crippen LogP contribution is 2.49. The van der Waals surface area contributed by atoms with E-state index in [2.05, 4.69) is 0 Å². The van der Waals surface area contributed by atoms with E-state index in [1.807, 2.05) is 0 Å². The van der Waals surface area contributed by atoms with Crippen LogP contribution in [0.2, 0.25) is 0 Å². The first-order chi connectivity index (χ1) is 11.7. The van der Waals surface area contributed by atoms with Crippen LogP contribution in [0.3, 0.4) is 0 Å². The van der Waals surface area contributed by atoms with E-state index in [4.69, 9.17) is 14.2 Å². The van der Waals surface area contributed by atoms with Crippen LogP contribution in [0.4, 0.5) is 0 Å². The molecular weight excluding hydrogens is 336 g/mol. The molecule has 10 atom stereocenters. The second-order valence-electron chi connectivity index (χ2n) is 7.38. The third-order valence-corrected chi connectivity index (χ3v) is 5.47. The summed E-state index contributed by atoms with van der Waals surface area (Å²) in [6.07, 6.45) is -7.32. The minimum Gasteiger partial charge on any atom is -0.472 e. The molecule has 0 radical (unpaired) electrons. The third kappa shape index (κ3) is 3.19. The van der Waals surface area contributed by atoms with Crippen molar-refractivity contribution < 1.29 is 44.8 Å². The van der Waals surface area contributed by atoms with Gasteiger partial charge in [0.15, 0.2) is 6.29 Å². The Bertz CT molecular complexity index is 520. The number of aliphatic hydroxyl groups is 6. The van der Waals surface area contributed by atoms with E-state index >= 15 is 0 Å². The molecule has 0 aromatic heterocycles. The summed E-state index contributed by atoms with van der Waals surface area (Å²) < 4.78 is 16.5. The van der Waals surface area contributed by atoms with Gasteiger partial charge in [-0.2, -0.15) is 0 Å². The van der Waals surface area contributed by atoms with Crippen LogP contribution in [0.5, 0.6) is 0 Å². The van der Waals surface area contributed by atoms with Crippen LogP contribution in [0.15, 0.2) is 11.8 Å². The maximum Gasteiger partial charge on any atom is 0.207 e. The molecule has 6 N–H and O–H groups in total. The molecule has 3 rings (SSSR count). The van der Waals surface area contributed by atoms with Crippen LogP contribution in [0.25, 0.3) is 0 Å². The van der Waals surface area contributed by atoms with Crippen molar-refractivity contribution in [1.29, 1.82) is 0 Å². The number of aliphatic hydroxyl groups excluding tert-OH is 5. The highest BCUT2D eigenvalue weighted by molar-refractivity contribution is 5.17. The first-order valence-electron chi connectivity index (χ1n) is 8.36. The van der Waals surface area contributed by atoms with E-state index in [1.165, 1.54) is 6.26 Å². The van der Waals surface area contributed by atoms with Gasteiger partial charge in [0.1, 0.15) is 24.4 Å². The summed E-state index contributed by atoms with van der Waals surface area (Å²) in [5.41, 5.74) is -0.498. The third-order valence-electron chi connectivity index (χ3n) is 5.47. The van der Waals surface area contributed by atoms with Crippen LogP contribution in [-0.4, -0.2) is 85.9 Å². The van der Waals surface area contributed by atoms with Gasteiger partial charge in [-0.15, -0.1) is 0 Å². The molecule has 144 valence electrons. The molecule has 0 aromatic rings. The smallest absolute Gasteiger partial charge is 0.207 e. The van der Waals surface area contributed by atoms with Crippen LogP contribution in [0, 0.1) is 11.8 Å². The first-order valence-corrected chi connectivity index (χ1v) is 8.36. The lowest BCUT2D eigenvalue weighted by molar-refractivity contribution is -0.346. The molecule has 2 aliphatic heterocycles. The first kappa shape index (κ1) is 19.0. The molecule has 1 saturated heterocycles. The predicted molar refractivity (Wildman–Crippen MR) is 81.7 cm³/mol. The van der Waals surface area contributed by atoms with Gasteiger partial charge in [0.2, 0.25) is 6.29 Å². The van der Waals surface area contributed by atoms with E-state index < -0.39 is 61.2 Å². The molecular formula is C16H26O9. The monoisotopic (exact) mass is 362 g/mol. The summed E-state index contributed by atoms with van der Waals surface area (Å²) in [7, 11) is 0. The van der Waals surface area contributed by atoms with Crippen molar-refractivity contribution in [2.24, 2.45) is 11.8 Å². The Morgan fingerprint density at radius 2 is 1.84 bits per heavy atom. The Balaban J connectivity index is 1.80. The second kappa shape index (κ2) is 6.75. The lowest BCUT2D eigenvalue weighted by atomic mass is 9.81. The maximum absolute atomic E-state index is 10.7. The fourth-order valence-corrected chi connectivity index (χ4v) is 4.13. The van der Waals surface area contributed by atoms with Crippen molar-refractivity contribution in [2.75, 3.05) is 6.61 Å². The van der Waals surface area contributed by atoms with Crippen molar-refractivity contribution in [1.82, 2.24) is 0 Å². The standard InChI is InChI=1S/C16H26O9/c1-6-5-23-14(10-9(6)7(18)3-16(10,2)22)25-15-13(21)12(20)11(19)8(4-17)24-15/h5,7-15,17-22H,3-4H2,1-2H3. The molecule has 2 heterocycles. The van der Waals surface area contributed by atoms with E-state index in [1.54, 1.807) is 13.8 Å². The molecule has 1 aliphatic carbocycles. The molecule has 9 nitrogen and oxygen atoms in total. The summed E-state index contributed by atoms with van der Waals surface area (Å²) in [6, 6.07) is 0. The molecule has 0 aromatic carbocycles. The maximum atomic E-state index is 10.7. The molecule has 0 spiro atoms. The van der Waals surface area contributed by atoms with Gasteiger partial charge >= 0.3 is 0 Å². The van der Waals surface area contributed by atoms with Gasteiger partial charge in [-0.3, -0.25) is 0 Å². The molecule has 2 fully saturated rings. The van der Waals surface area contributed by atoms with Gasteiger partial charge in [0, 0.05) is 12.3 Å². The van der Waals surface area contributed by atoms with Gasteiger partial charge in [0.25, 0.3) is 0 Å². The van der Waals surface area contributed by atoms with Gasteiger partial charge < -0.3 is 44.8 Å². The fourth-order valence-electron chi connectivity index (χ4n) is 4.13. The predicted octanol–water partition coefficient (Wildman–Crippen LogP) is -2.19. The van der Waals surface area contributed by atoms with E-state index in [0.29, 0.717) is 0 Å². The summed E-state index contributed by atoms with van der Waals surface area (Å²) >= 11 is 0. The van der Waals surface area contributed by atoms with Crippen molar-refractivity contribution in [3.05, 3.63) is 11.8 Å². The van der Waals surface area contributed by atoms with Crippen molar-refractivity contribution in [3.8, 4) is 0 Å². The largest absolute Gasteiger partial charge is 0.472 e. The van der Waals surface area contributed by atoms with Crippen LogP contribution in [0.1, 0.15) is 20.3 Å². The van der Waals surface area contributed by atoms with Crippen LogP contribution < -0.4 is 0 Å². The minimum atomic E-state index is -1.57. The normalized spacial score (nSPS) is 53.1. The topological polar surface area (TPSA) is 149 Å². The molecule has 3 aliphatic rings. The molecule has 1 saturated carbocycles. The number of fused-ring (bicyclic) bond motifs is 1. The van der Waals surface area contributed by atoms with Crippen LogP contribution >= 0.6 is 0 Å². The van der Waals surface area contributed by atoms with Gasteiger partial charge in [-0.05, 0) is 19.4 Å². The lowest BCUT2D eigenvalue weighted by Crippen LogP contribution is -2.60. The van der Waals surface area contributed by atoms with E-state index in [0.717, 1.165) is 5.57 Å². The van der Waals surface area contributed by atoms with Gasteiger partial charge in [0.05, 0.1) is 30.5 Å². The molecule has 9 heteroatoms. The Morgan fingerprint density at radius 3 is 2.48 bits per heavy atom. The highest BCUT2D eigenvalue weighted by Gasteiger charge is 2.57. The minimum absolute atomic E-state index is 0.144. The summed E-state index contributed by atoms with van der Waals surface area (Å²) in [6.45, 7) is 2.79. The average molecular weight is 362 g/mol. The number of rotatable bonds is 3. The molecule has 0 bridgehead atoms. The lowest BCUT2D eigenvalue weighted by Gasteiger charge is -2.44. The van der Waals surface area contributed by atoms with Gasteiger partial charge in [-0.25, -0.2) is 0 Å². The summed E-state index contributed by atoms with van der Waals surface area (Å²) in [4.78, 5) is 0. The molecule has 10 unspecified atom stereocenters.